The number of nitrogens with one attached hydrogen (secondary N) is 1. The number of carbonyl (C=O) groups excluding carboxylic acids is 1. The number of hydrogen-bond donors (Lipinski definition) is 1. The lowest BCUT2D eigenvalue weighted by Crippen LogP contribution is -2.37. The van der Waals surface area contributed by atoms with Gasteiger partial charge in [-0.2, -0.15) is 0 Å². The van der Waals surface area contributed by atoms with Crippen molar-refractivity contribution in [3.63, 3.8) is 0 Å². The van der Waals surface area contributed by atoms with Crippen LogP contribution in [0.2, 0.25) is 0 Å². The Hall–Kier alpha value is -1.91. The highest BCUT2D eigenvalue weighted by Crippen LogP contribution is 2.27. The highest BCUT2D eigenvalue weighted by atomic mass is 16.5. The smallest absolute Gasteiger partial charge is 0.242 e. The molecule has 1 aliphatic rings. The van der Waals surface area contributed by atoms with Crippen LogP contribution in [0.1, 0.15) is 19.8 Å². The molecule has 0 bridgehead atoms. The standard InChI is InChI=1S/C15H22N2O3/c1-4-17(12-5-6-12)15(18)10-16-11-7-13(19-2)9-14(8-11)20-3/h7-9,12,16H,4-6,10H2,1-3H3. The van der Waals surface area contributed by atoms with E-state index < -0.39 is 0 Å². The van der Waals surface area contributed by atoms with Crippen LogP contribution in [-0.4, -0.2) is 44.2 Å². The zero-order valence-electron chi connectivity index (χ0n) is 12.3. The number of carbonyl (C=O) groups is 1. The maximum Gasteiger partial charge on any atom is 0.242 e. The van der Waals surface area contributed by atoms with Gasteiger partial charge in [-0.15, -0.1) is 0 Å². The van der Waals surface area contributed by atoms with Gasteiger partial charge < -0.3 is 19.7 Å². The Bertz CT molecular complexity index is 450. The van der Waals surface area contributed by atoms with Gasteiger partial charge >= 0.3 is 0 Å². The molecule has 0 aromatic heterocycles. The predicted octanol–water partition coefficient (Wildman–Crippen LogP) is 2.13. The molecule has 5 heteroatoms. The molecule has 1 fully saturated rings. The van der Waals surface area contributed by atoms with Crippen molar-refractivity contribution in [2.75, 3.05) is 32.6 Å². The van der Waals surface area contributed by atoms with Crippen LogP contribution in [0.25, 0.3) is 0 Å². The van der Waals surface area contributed by atoms with Crippen LogP contribution in [0.5, 0.6) is 11.5 Å². The average Bonchev–Trinajstić information content (AvgIpc) is 3.30. The third kappa shape index (κ3) is 3.56. The normalized spacial score (nSPS) is 13.8. The van der Waals surface area contributed by atoms with E-state index in [1.807, 2.05) is 24.0 Å². The first-order chi connectivity index (χ1) is 9.67. The second-order valence-electron chi connectivity index (χ2n) is 4.87. The van der Waals surface area contributed by atoms with Crippen molar-refractivity contribution in [1.29, 1.82) is 0 Å². The first kappa shape index (κ1) is 14.5. The third-order valence-electron chi connectivity index (χ3n) is 3.44. The Kier molecular flexibility index (Phi) is 4.71. The lowest BCUT2D eigenvalue weighted by molar-refractivity contribution is -0.129. The second-order valence-corrected chi connectivity index (χ2v) is 4.87. The quantitative estimate of drug-likeness (QED) is 0.830. The van der Waals surface area contributed by atoms with Gasteiger partial charge in [0, 0.05) is 36.5 Å². The molecule has 0 atom stereocenters. The summed E-state index contributed by atoms with van der Waals surface area (Å²) in [6.07, 6.45) is 2.26. The third-order valence-corrected chi connectivity index (χ3v) is 3.44. The molecule has 0 heterocycles. The molecule has 1 aliphatic carbocycles. The number of amides is 1. The maximum atomic E-state index is 12.1. The zero-order chi connectivity index (χ0) is 14.5. The Morgan fingerprint density at radius 3 is 2.30 bits per heavy atom. The average molecular weight is 278 g/mol. The van der Waals surface area contributed by atoms with Gasteiger partial charge in [0.15, 0.2) is 0 Å². The van der Waals surface area contributed by atoms with E-state index in [1.54, 1.807) is 20.3 Å². The summed E-state index contributed by atoms with van der Waals surface area (Å²) in [4.78, 5) is 14.1. The number of anilines is 1. The molecule has 1 saturated carbocycles. The summed E-state index contributed by atoms with van der Waals surface area (Å²) in [6, 6.07) is 5.95. The van der Waals surface area contributed by atoms with Gasteiger partial charge in [-0.05, 0) is 19.8 Å². The monoisotopic (exact) mass is 278 g/mol. The van der Waals surface area contributed by atoms with Crippen molar-refractivity contribution in [2.24, 2.45) is 0 Å². The molecule has 2 rings (SSSR count). The van der Waals surface area contributed by atoms with E-state index in [0.717, 1.165) is 25.1 Å². The van der Waals surface area contributed by atoms with Crippen LogP contribution < -0.4 is 14.8 Å². The number of hydrogen-bond acceptors (Lipinski definition) is 4. The van der Waals surface area contributed by atoms with Gasteiger partial charge in [-0.1, -0.05) is 0 Å². The van der Waals surface area contributed by atoms with Crippen molar-refractivity contribution >= 4 is 11.6 Å². The summed E-state index contributed by atoms with van der Waals surface area (Å²) in [7, 11) is 3.21. The van der Waals surface area contributed by atoms with Gasteiger partial charge in [0.25, 0.3) is 0 Å². The number of methoxy groups -OCH3 is 2. The fraction of sp³-hybridized carbons (Fsp3) is 0.533. The van der Waals surface area contributed by atoms with Crippen LogP contribution in [0.15, 0.2) is 18.2 Å². The Morgan fingerprint density at radius 1 is 1.25 bits per heavy atom. The molecule has 0 saturated heterocycles. The summed E-state index contributed by atoms with van der Waals surface area (Å²) in [6.45, 7) is 3.08. The fourth-order valence-electron chi connectivity index (χ4n) is 2.21. The molecule has 1 N–H and O–H groups in total. The molecule has 110 valence electrons. The minimum Gasteiger partial charge on any atom is -0.497 e. The number of nitrogens with zero attached hydrogens (tertiary/aromatic N) is 1. The summed E-state index contributed by atoms with van der Waals surface area (Å²) in [5, 5.41) is 3.14. The molecule has 0 spiro atoms. The van der Waals surface area contributed by atoms with Gasteiger partial charge in [0.05, 0.1) is 20.8 Å². The van der Waals surface area contributed by atoms with Gasteiger partial charge in [0.2, 0.25) is 5.91 Å². The largest absolute Gasteiger partial charge is 0.497 e. The van der Waals surface area contributed by atoms with E-state index in [4.69, 9.17) is 9.47 Å². The maximum absolute atomic E-state index is 12.1. The van der Waals surface area contributed by atoms with Gasteiger partial charge in [0.1, 0.15) is 11.5 Å². The Morgan fingerprint density at radius 2 is 1.85 bits per heavy atom. The van der Waals surface area contributed by atoms with Crippen molar-refractivity contribution < 1.29 is 14.3 Å². The van der Waals surface area contributed by atoms with Crippen LogP contribution in [0.4, 0.5) is 5.69 Å². The summed E-state index contributed by atoms with van der Waals surface area (Å²) in [5.74, 6) is 1.54. The number of rotatable bonds is 7. The van der Waals surface area contributed by atoms with Crippen molar-refractivity contribution in [3.05, 3.63) is 18.2 Å². The molecule has 1 aromatic rings. The minimum absolute atomic E-state index is 0.136. The topological polar surface area (TPSA) is 50.8 Å². The van der Waals surface area contributed by atoms with Crippen molar-refractivity contribution in [1.82, 2.24) is 4.90 Å². The molecule has 0 unspecified atom stereocenters. The summed E-state index contributed by atoms with van der Waals surface area (Å²) >= 11 is 0. The fourth-order valence-corrected chi connectivity index (χ4v) is 2.21. The number of likely N-dealkylation sites (N-methyl/N-ethyl adjacent to an activating group) is 1. The van der Waals surface area contributed by atoms with Crippen LogP contribution in [0, 0.1) is 0 Å². The second kappa shape index (κ2) is 6.50. The highest BCUT2D eigenvalue weighted by Gasteiger charge is 2.30. The molecular weight excluding hydrogens is 256 g/mol. The molecule has 0 radical (unpaired) electrons. The molecular formula is C15H22N2O3. The zero-order valence-corrected chi connectivity index (χ0v) is 12.3. The molecule has 0 aliphatic heterocycles. The number of ether oxygens (including phenoxy) is 2. The molecule has 1 aromatic carbocycles. The predicted molar refractivity (Wildman–Crippen MR) is 78.4 cm³/mol. The summed E-state index contributed by atoms with van der Waals surface area (Å²) < 4.78 is 10.4. The van der Waals surface area contributed by atoms with Crippen molar-refractivity contribution in [3.8, 4) is 11.5 Å². The lowest BCUT2D eigenvalue weighted by atomic mass is 10.2. The van der Waals surface area contributed by atoms with Gasteiger partial charge in [-0.25, -0.2) is 0 Å². The highest BCUT2D eigenvalue weighted by molar-refractivity contribution is 5.81. The number of benzene rings is 1. The molecule has 1 amide bonds. The van der Waals surface area contributed by atoms with Crippen LogP contribution in [0.3, 0.4) is 0 Å². The Balaban J connectivity index is 1.97. The lowest BCUT2D eigenvalue weighted by Gasteiger charge is -2.21. The Labute approximate surface area is 119 Å². The van der Waals surface area contributed by atoms with E-state index in [9.17, 15) is 4.79 Å². The molecule has 20 heavy (non-hydrogen) atoms. The molecule has 5 nitrogen and oxygen atoms in total. The van der Waals surface area contributed by atoms with Gasteiger partial charge in [-0.3, -0.25) is 4.79 Å². The first-order valence-electron chi connectivity index (χ1n) is 6.94. The van der Waals surface area contributed by atoms with E-state index >= 15 is 0 Å². The minimum atomic E-state index is 0.136. The van der Waals surface area contributed by atoms with E-state index in [-0.39, 0.29) is 5.91 Å². The van der Waals surface area contributed by atoms with E-state index in [2.05, 4.69) is 5.32 Å². The summed E-state index contributed by atoms with van der Waals surface area (Å²) in [5.41, 5.74) is 0.821. The van der Waals surface area contributed by atoms with Crippen molar-refractivity contribution in [2.45, 2.75) is 25.8 Å². The van der Waals surface area contributed by atoms with Crippen LogP contribution >= 0.6 is 0 Å². The van der Waals surface area contributed by atoms with E-state index in [0.29, 0.717) is 24.1 Å². The van der Waals surface area contributed by atoms with E-state index in [1.165, 1.54) is 0 Å². The first-order valence-corrected chi connectivity index (χ1v) is 6.94. The SMILES string of the molecule is CCN(C(=O)CNc1cc(OC)cc(OC)c1)C1CC1. The van der Waals surface area contributed by atoms with Crippen LogP contribution in [-0.2, 0) is 4.79 Å².